The van der Waals surface area contributed by atoms with Gasteiger partial charge in [0.05, 0.1) is 22.7 Å². The number of fused-ring (bicyclic) bond motifs is 1. The fourth-order valence-electron chi connectivity index (χ4n) is 3.76. The Bertz CT molecular complexity index is 1130. The highest BCUT2D eigenvalue weighted by Gasteiger charge is 2.35. The molecule has 0 aliphatic heterocycles. The third kappa shape index (κ3) is 5.33. The largest absolute Gasteiger partial charge is 0.491 e. The van der Waals surface area contributed by atoms with Gasteiger partial charge < -0.3 is 10.5 Å². The standard InChI is InChI=1S/C24H24F3N3O/c1-15(2)12-23(3,29)14-31-22-7-6-17(11-20(22)24(25,26)27)19-9-16(13-28)10-21-18(19)5-4-8-30-21/h4-11,15H,12,14,29H2,1-3H3/t23-/m0/s1. The molecule has 162 valence electrons. The molecular formula is C24H24F3N3O. The molecule has 0 bridgehead atoms. The second kappa shape index (κ2) is 8.56. The zero-order valence-electron chi connectivity index (χ0n) is 17.6. The van der Waals surface area contributed by atoms with E-state index in [1.54, 1.807) is 43.5 Å². The molecule has 1 aromatic heterocycles. The fourth-order valence-corrected chi connectivity index (χ4v) is 3.76. The Kier molecular flexibility index (Phi) is 6.23. The van der Waals surface area contributed by atoms with Crippen LogP contribution in [0.5, 0.6) is 5.75 Å². The zero-order valence-corrected chi connectivity index (χ0v) is 17.6. The molecule has 0 fully saturated rings. The number of rotatable bonds is 6. The molecule has 0 unspecified atom stereocenters. The van der Waals surface area contributed by atoms with E-state index in [4.69, 9.17) is 10.5 Å². The normalized spacial score (nSPS) is 13.8. The van der Waals surface area contributed by atoms with Gasteiger partial charge in [-0.15, -0.1) is 0 Å². The first-order valence-electron chi connectivity index (χ1n) is 9.92. The van der Waals surface area contributed by atoms with E-state index in [1.165, 1.54) is 6.07 Å². The number of nitrogens with two attached hydrogens (primary N) is 1. The maximum atomic E-state index is 13.9. The summed E-state index contributed by atoms with van der Waals surface area (Å²) in [6.07, 6.45) is -2.42. The fraction of sp³-hybridized carbons (Fsp3) is 0.333. The van der Waals surface area contributed by atoms with Crippen molar-refractivity contribution in [2.24, 2.45) is 11.7 Å². The van der Waals surface area contributed by atoms with Crippen LogP contribution in [0.2, 0.25) is 0 Å². The maximum Gasteiger partial charge on any atom is 0.419 e. The Morgan fingerprint density at radius 3 is 2.55 bits per heavy atom. The monoisotopic (exact) mass is 427 g/mol. The molecule has 1 heterocycles. The van der Waals surface area contributed by atoms with Gasteiger partial charge in [-0.05, 0) is 60.7 Å². The van der Waals surface area contributed by atoms with Crippen molar-refractivity contribution in [3.8, 4) is 22.9 Å². The molecule has 0 amide bonds. The van der Waals surface area contributed by atoms with Gasteiger partial charge in [-0.25, -0.2) is 0 Å². The summed E-state index contributed by atoms with van der Waals surface area (Å²) in [5, 5.41) is 9.98. The maximum absolute atomic E-state index is 13.9. The van der Waals surface area contributed by atoms with Gasteiger partial charge in [-0.1, -0.05) is 26.0 Å². The number of nitriles is 1. The summed E-state index contributed by atoms with van der Waals surface area (Å²) >= 11 is 0. The first-order chi connectivity index (χ1) is 14.5. The summed E-state index contributed by atoms with van der Waals surface area (Å²) in [4.78, 5) is 4.23. The van der Waals surface area contributed by atoms with Crippen LogP contribution in [0.1, 0.15) is 38.3 Å². The summed E-state index contributed by atoms with van der Waals surface area (Å²) in [6, 6.07) is 12.6. The summed E-state index contributed by atoms with van der Waals surface area (Å²) in [7, 11) is 0. The van der Waals surface area contributed by atoms with Crippen molar-refractivity contribution in [2.75, 3.05) is 6.61 Å². The molecule has 0 saturated carbocycles. The van der Waals surface area contributed by atoms with Crippen LogP contribution in [0, 0.1) is 17.2 Å². The van der Waals surface area contributed by atoms with E-state index in [1.807, 2.05) is 19.9 Å². The molecule has 7 heteroatoms. The molecule has 0 radical (unpaired) electrons. The first-order valence-corrected chi connectivity index (χ1v) is 9.92. The second-order valence-electron chi connectivity index (χ2n) is 8.46. The van der Waals surface area contributed by atoms with Crippen molar-refractivity contribution in [3.63, 3.8) is 0 Å². The lowest BCUT2D eigenvalue weighted by Gasteiger charge is -2.27. The van der Waals surface area contributed by atoms with Crippen LogP contribution in [0.25, 0.3) is 22.0 Å². The minimum Gasteiger partial charge on any atom is -0.491 e. The Labute approximate surface area is 179 Å². The van der Waals surface area contributed by atoms with Crippen molar-refractivity contribution < 1.29 is 17.9 Å². The molecule has 0 aliphatic rings. The van der Waals surface area contributed by atoms with Gasteiger partial charge in [0.25, 0.3) is 0 Å². The van der Waals surface area contributed by atoms with Gasteiger partial charge in [0.15, 0.2) is 0 Å². The molecule has 3 aromatic rings. The number of aromatic nitrogens is 1. The number of halogens is 3. The van der Waals surface area contributed by atoms with Gasteiger partial charge in [-0.3, -0.25) is 4.98 Å². The Balaban J connectivity index is 2.06. The van der Waals surface area contributed by atoms with Crippen LogP contribution < -0.4 is 10.5 Å². The lowest BCUT2D eigenvalue weighted by Crippen LogP contribution is -2.43. The highest BCUT2D eigenvalue weighted by atomic mass is 19.4. The minimum atomic E-state index is -4.62. The van der Waals surface area contributed by atoms with Crippen molar-refractivity contribution in [2.45, 2.75) is 38.9 Å². The van der Waals surface area contributed by atoms with Crippen LogP contribution in [-0.2, 0) is 6.18 Å². The van der Waals surface area contributed by atoms with E-state index < -0.39 is 17.3 Å². The summed E-state index contributed by atoms with van der Waals surface area (Å²) in [5.41, 5.74) is 6.25. The SMILES string of the molecule is CC(C)C[C@](C)(N)COc1ccc(-c2cc(C#N)cc3ncccc23)cc1C(F)(F)F. The van der Waals surface area contributed by atoms with Crippen LogP contribution in [0.4, 0.5) is 13.2 Å². The third-order valence-electron chi connectivity index (χ3n) is 4.88. The van der Waals surface area contributed by atoms with Gasteiger partial charge >= 0.3 is 6.18 Å². The van der Waals surface area contributed by atoms with E-state index in [0.717, 1.165) is 6.07 Å². The van der Waals surface area contributed by atoms with Crippen molar-refractivity contribution >= 4 is 10.9 Å². The van der Waals surface area contributed by atoms with Gasteiger partial charge in [0, 0.05) is 17.1 Å². The molecule has 0 saturated heterocycles. The molecule has 2 N–H and O–H groups in total. The molecule has 31 heavy (non-hydrogen) atoms. The van der Waals surface area contributed by atoms with Crippen LogP contribution >= 0.6 is 0 Å². The molecule has 0 aliphatic carbocycles. The van der Waals surface area contributed by atoms with Crippen molar-refractivity contribution in [1.82, 2.24) is 4.98 Å². The van der Waals surface area contributed by atoms with Crippen molar-refractivity contribution in [3.05, 3.63) is 59.8 Å². The van der Waals surface area contributed by atoms with Crippen LogP contribution in [0.15, 0.2) is 48.7 Å². The average molecular weight is 427 g/mol. The van der Waals surface area contributed by atoms with E-state index in [2.05, 4.69) is 4.98 Å². The number of ether oxygens (including phenoxy) is 1. The minimum absolute atomic E-state index is 0.0373. The predicted octanol–water partition coefficient (Wildman–Crippen LogP) is 5.93. The van der Waals surface area contributed by atoms with E-state index in [0.29, 0.717) is 34.0 Å². The topological polar surface area (TPSA) is 71.9 Å². The molecule has 0 spiro atoms. The first kappa shape index (κ1) is 22.6. The number of pyridine rings is 1. The van der Waals surface area contributed by atoms with E-state index in [9.17, 15) is 18.4 Å². The smallest absolute Gasteiger partial charge is 0.419 e. The number of benzene rings is 2. The number of nitrogens with zero attached hydrogens (tertiary/aromatic N) is 2. The highest BCUT2D eigenvalue weighted by Crippen LogP contribution is 2.40. The molecule has 1 atom stereocenters. The summed E-state index contributed by atoms with van der Waals surface area (Å²) in [5.74, 6) is 0.0212. The van der Waals surface area contributed by atoms with Crippen LogP contribution in [0.3, 0.4) is 0 Å². The van der Waals surface area contributed by atoms with E-state index in [-0.39, 0.29) is 18.3 Å². The Morgan fingerprint density at radius 1 is 1.16 bits per heavy atom. The van der Waals surface area contributed by atoms with Crippen molar-refractivity contribution in [1.29, 1.82) is 5.26 Å². The Morgan fingerprint density at radius 2 is 1.90 bits per heavy atom. The van der Waals surface area contributed by atoms with Crippen LogP contribution in [-0.4, -0.2) is 17.1 Å². The van der Waals surface area contributed by atoms with E-state index >= 15 is 0 Å². The molecule has 4 nitrogen and oxygen atoms in total. The zero-order chi connectivity index (χ0) is 22.8. The molecular weight excluding hydrogens is 403 g/mol. The number of hydrogen-bond acceptors (Lipinski definition) is 4. The average Bonchev–Trinajstić information content (AvgIpc) is 2.69. The number of alkyl halides is 3. The number of hydrogen-bond donors (Lipinski definition) is 1. The molecule has 2 aromatic carbocycles. The quantitative estimate of drug-likeness (QED) is 0.529. The lowest BCUT2D eigenvalue weighted by atomic mass is 9.92. The van der Waals surface area contributed by atoms with Gasteiger partial charge in [-0.2, -0.15) is 18.4 Å². The lowest BCUT2D eigenvalue weighted by molar-refractivity contribution is -0.139. The predicted molar refractivity (Wildman–Crippen MR) is 114 cm³/mol. The molecule has 3 rings (SSSR count). The van der Waals surface area contributed by atoms with Gasteiger partial charge in [0.1, 0.15) is 12.4 Å². The summed E-state index contributed by atoms with van der Waals surface area (Å²) < 4.78 is 47.1. The van der Waals surface area contributed by atoms with Gasteiger partial charge in [0.2, 0.25) is 0 Å². The Hall–Kier alpha value is -3.11. The second-order valence-corrected chi connectivity index (χ2v) is 8.46. The highest BCUT2D eigenvalue weighted by molar-refractivity contribution is 5.95. The third-order valence-corrected chi connectivity index (χ3v) is 4.88. The summed E-state index contributed by atoms with van der Waals surface area (Å²) in [6.45, 7) is 5.72.